The minimum Gasteiger partial charge on any atom is -0.505 e. The van der Waals surface area contributed by atoms with E-state index in [1.54, 1.807) is 30.3 Å². The molecule has 0 amide bonds. The molecule has 0 atom stereocenters. The summed E-state index contributed by atoms with van der Waals surface area (Å²) in [7, 11) is 1.22. The number of fused-ring (bicyclic) bond motifs is 1. The monoisotopic (exact) mass is 399 g/mol. The average molecular weight is 399 g/mol. The van der Waals surface area contributed by atoms with Crippen molar-refractivity contribution in [1.29, 1.82) is 5.26 Å². The van der Waals surface area contributed by atoms with Crippen LogP contribution < -0.4 is 0 Å². The molecule has 0 radical (unpaired) electrons. The molecular formula is C20H13N7O3. The van der Waals surface area contributed by atoms with E-state index in [1.807, 2.05) is 6.07 Å². The number of methoxy groups -OCH3 is 1. The van der Waals surface area contributed by atoms with Gasteiger partial charge in [-0.3, -0.25) is 0 Å². The number of azo groups is 1. The first kappa shape index (κ1) is 18.7. The number of benzene rings is 2. The highest BCUT2D eigenvalue weighted by Gasteiger charge is 2.19. The highest BCUT2D eigenvalue weighted by Crippen LogP contribution is 2.39. The highest BCUT2D eigenvalue weighted by molar-refractivity contribution is 6.04. The molecule has 10 nitrogen and oxygen atoms in total. The molecule has 2 aromatic heterocycles. The third-order valence-corrected chi connectivity index (χ3v) is 4.25. The van der Waals surface area contributed by atoms with E-state index >= 15 is 0 Å². The molecule has 1 N–H and O–H groups in total. The minimum absolute atomic E-state index is 0.0504. The van der Waals surface area contributed by atoms with Crippen LogP contribution in [-0.4, -0.2) is 37.9 Å². The van der Waals surface area contributed by atoms with Gasteiger partial charge in [-0.05, 0) is 17.5 Å². The maximum Gasteiger partial charge on any atom is 0.341 e. The van der Waals surface area contributed by atoms with Crippen LogP contribution in [0.25, 0.3) is 16.7 Å². The number of hydrogen-bond acceptors (Lipinski definition) is 9. The summed E-state index contributed by atoms with van der Waals surface area (Å²) in [6, 6.07) is 12.2. The lowest BCUT2D eigenvalue weighted by molar-refractivity contribution is 0.0597. The first-order chi connectivity index (χ1) is 14.6. The first-order valence-electron chi connectivity index (χ1n) is 8.64. The Balaban J connectivity index is 1.90. The Hall–Kier alpha value is -4.65. The zero-order valence-electron chi connectivity index (χ0n) is 15.6. The third kappa shape index (κ3) is 3.20. The summed E-state index contributed by atoms with van der Waals surface area (Å²) < 4.78 is 6.00. The smallest absolute Gasteiger partial charge is 0.341 e. The number of nitrogens with zero attached hydrogens (tertiary/aromatic N) is 7. The molecular weight excluding hydrogens is 386 g/mol. The van der Waals surface area contributed by atoms with Gasteiger partial charge in [0.25, 0.3) is 5.95 Å². The van der Waals surface area contributed by atoms with Crippen LogP contribution in [0.4, 0.5) is 11.5 Å². The largest absolute Gasteiger partial charge is 0.505 e. The topological polar surface area (TPSA) is 139 Å². The number of phenols is 1. The molecule has 0 spiro atoms. The van der Waals surface area contributed by atoms with Crippen LogP contribution >= 0.6 is 0 Å². The second-order valence-corrected chi connectivity index (χ2v) is 5.99. The van der Waals surface area contributed by atoms with Gasteiger partial charge in [0.15, 0.2) is 11.6 Å². The quantitative estimate of drug-likeness (QED) is 0.408. The van der Waals surface area contributed by atoms with E-state index in [2.05, 4.69) is 25.3 Å². The molecule has 2 heterocycles. The number of nitriles is 1. The fourth-order valence-electron chi connectivity index (χ4n) is 2.85. The SMILES string of the molecule is COC(=O)c1cc2ccccc2c(N=Nc2c(C#N)cnn2-c2ncccn2)c1O. The van der Waals surface area contributed by atoms with E-state index in [4.69, 9.17) is 4.74 Å². The number of aromatic nitrogens is 4. The molecule has 0 saturated carbocycles. The molecule has 4 rings (SSSR count). The van der Waals surface area contributed by atoms with Crippen molar-refractivity contribution in [2.24, 2.45) is 10.2 Å². The lowest BCUT2D eigenvalue weighted by Gasteiger charge is -2.09. The fourth-order valence-corrected chi connectivity index (χ4v) is 2.85. The Morgan fingerprint density at radius 1 is 1.20 bits per heavy atom. The molecule has 0 saturated heterocycles. The third-order valence-electron chi connectivity index (χ3n) is 4.25. The molecule has 4 aromatic rings. The van der Waals surface area contributed by atoms with Crippen LogP contribution in [0.2, 0.25) is 0 Å². The Morgan fingerprint density at radius 3 is 2.70 bits per heavy atom. The Labute approximate surface area is 169 Å². The fraction of sp³-hybridized carbons (Fsp3) is 0.0500. The van der Waals surface area contributed by atoms with Gasteiger partial charge in [-0.25, -0.2) is 14.8 Å². The van der Waals surface area contributed by atoms with E-state index in [0.29, 0.717) is 10.8 Å². The zero-order valence-corrected chi connectivity index (χ0v) is 15.6. The van der Waals surface area contributed by atoms with Gasteiger partial charge in [0.1, 0.15) is 22.9 Å². The van der Waals surface area contributed by atoms with Crippen molar-refractivity contribution in [3.05, 3.63) is 66.1 Å². The molecule has 0 aliphatic carbocycles. The van der Waals surface area contributed by atoms with Gasteiger partial charge in [0, 0.05) is 17.8 Å². The van der Waals surface area contributed by atoms with Gasteiger partial charge in [0.2, 0.25) is 0 Å². The van der Waals surface area contributed by atoms with Crippen molar-refractivity contribution in [3.8, 4) is 17.8 Å². The lowest BCUT2D eigenvalue weighted by Crippen LogP contribution is -2.02. The summed E-state index contributed by atoms with van der Waals surface area (Å²) in [6.45, 7) is 0. The summed E-state index contributed by atoms with van der Waals surface area (Å²) in [5.74, 6) is -0.819. The summed E-state index contributed by atoms with van der Waals surface area (Å²) in [5.41, 5.74) is 0.142. The minimum atomic E-state index is -0.713. The number of ether oxygens (including phenoxy) is 1. The van der Waals surface area contributed by atoms with Gasteiger partial charge in [-0.15, -0.1) is 10.2 Å². The number of esters is 1. The predicted molar refractivity (Wildman–Crippen MR) is 105 cm³/mol. The standard InChI is InChI=1S/C20H13N7O3/c1-30-19(29)15-9-12-5-2-3-6-14(12)16(17(15)28)25-26-18-13(10-21)11-24-27(18)20-22-7-4-8-23-20/h2-9,11,28H,1H3. The van der Waals surface area contributed by atoms with Crippen molar-refractivity contribution in [1.82, 2.24) is 19.7 Å². The molecule has 30 heavy (non-hydrogen) atoms. The molecule has 146 valence electrons. The van der Waals surface area contributed by atoms with E-state index in [1.165, 1.54) is 36.4 Å². The number of carbonyl (C=O) groups excluding carboxylic acids is 1. The average Bonchev–Trinajstić information content (AvgIpc) is 3.21. The van der Waals surface area contributed by atoms with Crippen molar-refractivity contribution in [2.45, 2.75) is 0 Å². The highest BCUT2D eigenvalue weighted by atomic mass is 16.5. The van der Waals surface area contributed by atoms with Gasteiger partial charge < -0.3 is 9.84 Å². The maximum atomic E-state index is 12.1. The van der Waals surface area contributed by atoms with Crippen LogP contribution in [0.3, 0.4) is 0 Å². The van der Waals surface area contributed by atoms with Crippen LogP contribution in [0, 0.1) is 11.3 Å². The summed E-state index contributed by atoms with van der Waals surface area (Å²) in [4.78, 5) is 20.3. The predicted octanol–water partition coefficient (Wildman–Crippen LogP) is 3.59. The van der Waals surface area contributed by atoms with Crippen molar-refractivity contribution in [3.63, 3.8) is 0 Å². The number of hydrogen-bond donors (Lipinski definition) is 1. The number of phenolic OH excluding ortho intramolecular Hbond substituents is 1. The van der Waals surface area contributed by atoms with E-state index in [9.17, 15) is 15.2 Å². The van der Waals surface area contributed by atoms with Crippen molar-refractivity contribution < 1.29 is 14.6 Å². The summed E-state index contributed by atoms with van der Waals surface area (Å²) in [6.07, 6.45) is 4.36. The summed E-state index contributed by atoms with van der Waals surface area (Å²) >= 11 is 0. The summed E-state index contributed by atoms with van der Waals surface area (Å²) in [5, 5.41) is 33.6. The van der Waals surface area contributed by atoms with Crippen LogP contribution in [0.1, 0.15) is 15.9 Å². The van der Waals surface area contributed by atoms with Crippen LogP contribution in [0.5, 0.6) is 5.75 Å². The van der Waals surface area contributed by atoms with Crippen molar-refractivity contribution >= 4 is 28.2 Å². The first-order valence-corrected chi connectivity index (χ1v) is 8.64. The van der Waals surface area contributed by atoms with E-state index in [-0.39, 0.29) is 34.3 Å². The molecule has 2 aromatic carbocycles. The maximum absolute atomic E-state index is 12.1. The van der Waals surface area contributed by atoms with Gasteiger partial charge in [-0.1, -0.05) is 24.3 Å². The molecule has 0 unspecified atom stereocenters. The van der Waals surface area contributed by atoms with E-state index < -0.39 is 5.97 Å². The molecule has 0 aliphatic rings. The second kappa shape index (κ2) is 7.76. The van der Waals surface area contributed by atoms with Crippen molar-refractivity contribution in [2.75, 3.05) is 7.11 Å². The van der Waals surface area contributed by atoms with Crippen LogP contribution in [-0.2, 0) is 4.74 Å². The molecule has 0 fully saturated rings. The Morgan fingerprint density at radius 2 is 1.97 bits per heavy atom. The van der Waals surface area contributed by atoms with Gasteiger partial charge in [0.05, 0.1) is 13.3 Å². The number of aromatic hydroxyl groups is 1. The zero-order chi connectivity index (χ0) is 21.1. The normalized spacial score (nSPS) is 10.9. The number of carbonyl (C=O) groups is 1. The Kier molecular flexibility index (Phi) is 4.84. The van der Waals surface area contributed by atoms with Gasteiger partial charge in [-0.2, -0.15) is 15.0 Å². The van der Waals surface area contributed by atoms with E-state index in [0.717, 1.165) is 0 Å². The second-order valence-electron chi connectivity index (χ2n) is 5.99. The Bertz CT molecular complexity index is 1320. The number of rotatable bonds is 4. The van der Waals surface area contributed by atoms with Crippen LogP contribution in [0.15, 0.2) is 65.2 Å². The molecule has 0 bridgehead atoms. The molecule has 0 aliphatic heterocycles. The molecule has 10 heteroatoms. The lowest BCUT2D eigenvalue weighted by atomic mass is 10.0. The van der Waals surface area contributed by atoms with Gasteiger partial charge >= 0.3 is 5.97 Å².